The molecule has 4 rings (SSSR count). The maximum atomic E-state index is 13.7. The number of carbonyl (C=O) groups is 1. The molecule has 1 heterocycles. The van der Waals surface area contributed by atoms with Gasteiger partial charge in [0.05, 0.1) is 10.3 Å². The number of unbranched alkanes of at least 4 members (excludes halogenated alkanes) is 2. The lowest BCUT2D eigenvalue weighted by molar-refractivity contribution is -0.154. The number of ether oxygens (including phenoxy) is 2. The van der Waals surface area contributed by atoms with Crippen LogP contribution in [-0.2, 0) is 21.0 Å². The van der Waals surface area contributed by atoms with E-state index in [1.807, 2.05) is 6.92 Å². The molecule has 0 amide bonds. The van der Waals surface area contributed by atoms with E-state index in [0.717, 1.165) is 11.6 Å². The summed E-state index contributed by atoms with van der Waals surface area (Å²) in [5.74, 6) is -3.32. The van der Waals surface area contributed by atoms with Gasteiger partial charge in [0.2, 0.25) is 21.2 Å². The number of aryl methyl sites for hydroxylation is 1. The maximum Gasteiger partial charge on any atom is 0.453 e. The van der Waals surface area contributed by atoms with Crippen molar-refractivity contribution in [2.75, 3.05) is 6.54 Å². The number of alkyl halides is 3. The van der Waals surface area contributed by atoms with E-state index in [1.165, 1.54) is 36.4 Å². The van der Waals surface area contributed by atoms with Gasteiger partial charge < -0.3 is 13.9 Å². The number of carbonyl (C=O) groups excluding carboxylic acids is 1. The zero-order valence-electron chi connectivity index (χ0n) is 21.9. The summed E-state index contributed by atoms with van der Waals surface area (Å²) in [5.41, 5.74) is -0.509. The molecule has 0 aliphatic heterocycles. The van der Waals surface area contributed by atoms with Crippen LogP contribution in [-0.4, -0.2) is 20.9 Å². The standard InChI is InChI=1S/C29H26F3NO7S/c1-19-11-14-22(15-12-19)41(36,37)33-17-7-3-6-10-25(34)38-21-13-16-23-24(18-21)40-28(29(30,31)32)27(26(23)35)39-20-8-4-2-5-9-20/h2,4-5,8-9,11-16,18,33H,3,6-7,10,17H2,1H3. The zero-order valence-corrected chi connectivity index (χ0v) is 22.7. The van der Waals surface area contributed by atoms with Gasteiger partial charge in [0.1, 0.15) is 17.1 Å². The molecular weight excluding hydrogens is 563 g/mol. The minimum Gasteiger partial charge on any atom is -0.449 e. The lowest BCUT2D eigenvalue weighted by Gasteiger charge is -2.13. The van der Waals surface area contributed by atoms with Crippen molar-refractivity contribution in [1.82, 2.24) is 4.72 Å². The molecular formula is C29H26F3NO7S. The Morgan fingerprint density at radius 2 is 1.63 bits per heavy atom. The van der Waals surface area contributed by atoms with E-state index in [4.69, 9.17) is 13.9 Å². The van der Waals surface area contributed by atoms with Gasteiger partial charge in [-0.05, 0) is 56.2 Å². The molecule has 216 valence electrons. The number of fused-ring (bicyclic) bond motifs is 1. The first kappa shape index (κ1) is 29.8. The Labute approximate surface area is 233 Å². The Morgan fingerprint density at radius 3 is 2.32 bits per heavy atom. The fourth-order valence-electron chi connectivity index (χ4n) is 3.87. The SMILES string of the molecule is Cc1ccc(S(=O)(=O)NCCCCCC(=O)Oc2ccc3c(=O)c(Oc4ccccc4)c(C(F)(F)F)oc3c2)cc1. The molecule has 41 heavy (non-hydrogen) atoms. The second kappa shape index (κ2) is 12.6. The minimum atomic E-state index is -5.03. The molecule has 1 aromatic heterocycles. The number of hydrogen-bond donors (Lipinski definition) is 1. The molecule has 0 saturated heterocycles. The van der Waals surface area contributed by atoms with E-state index in [1.54, 1.807) is 30.3 Å². The van der Waals surface area contributed by atoms with Gasteiger partial charge in [0.15, 0.2) is 0 Å². The summed E-state index contributed by atoms with van der Waals surface area (Å²) in [5, 5.41) is -0.184. The van der Waals surface area contributed by atoms with Crippen LogP contribution in [0.25, 0.3) is 11.0 Å². The van der Waals surface area contributed by atoms with E-state index >= 15 is 0 Å². The van der Waals surface area contributed by atoms with Crippen LogP contribution in [0.15, 0.2) is 86.9 Å². The number of hydrogen-bond acceptors (Lipinski definition) is 7. The fraction of sp³-hybridized carbons (Fsp3) is 0.241. The summed E-state index contributed by atoms with van der Waals surface area (Å²) >= 11 is 0. The third-order valence-electron chi connectivity index (χ3n) is 5.96. The Kier molecular flexibility index (Phi) is 9.14. The van der Waals surface area contributed by atoms with Crippen LogP contribution >= 0.6 is 0 Å². The normalized spacial score (nSPS) is 11.9. The van der Waals surface area contributed by atoms with Gasteiger partial charge in [-0.3, -0.25) is 9.59 Å². The summed E-state index contributed by atoms with van der Waals surface area (Å²) in [7, 11) is -3.62. The summed E-state index contributed by atoms with van der Waals surface area (Å²) in [6.07, 6.45) is -3.64. The quantitative estimate of drug-likeness (QED) is 0.123. The highest BCUT2D eigenvalue weighted by Crippen LogP contribution is 2.38. The molecule has 0 saturated carbocycles. The van der Waals surface area contributed by atoms with Crippen molar-refractivity contribution in [2.45, 2.75) is 43.7 Å². The van der Waals surface area contributed by atoms with Gasteiger partial charge in [-0.1, -0.05) is 42.3 Å². The molecule has 3 aromatic carbocycles. The van der Waals surface area contributed by atoms with E-state index < -0.39 is 44.7 Å². The van der Waals surface area contributed by atoms with Gasteiger partial charge in [0.25, 0.3) is 5.76 Å². The van der Waals surface area contributed by atoms with Crippen molar-refractivity contribution >= 4 is 27.0 Å². The van der Waals surface area contributed by atoms with Gasteiger partial charge in [0, 0.05) is 19.0 Å². The molecule has 0 spiro atoms. The third kappa shape index (κ3) is 7.74. The highest BCUT2D eigenvalue weighted by Gasteiger charge is 2.40. The second-order valence-corrected chi connectivity index (χ2v) is 10.9. The number of esters is 1. The van der Waals surface area contributed by atoms with Gasteiger partial charge in [-0.25, -0.2) is 13.1 Å². The maximum absolute atomic E-state index is 13.7. The molecule has 0 aliphatic carbocycles. The van der Waals surface area contributed by atoms with Crippen LogP contribution in [0.4, 0.5) is 13.2 Å². The highest BCUT2D eigenvalue weighted by molar-refractivity contribution is 7.89. The number of nitrogens with one attached hydrogen (secondary N) is 1. The topological polar surface area (TPSA) is 112 Å². The van der Waals surface area contributed by atoms with E-state index in [2.05, 4.69) is 4.72 Å². The summed E-state index contributed by atoms with van der Waals surface area (Å²) in [4.78, 5) is 25.3. The molecule has 0 bridgehead atoms. The molecule has 8 nitrogen and oxygen atoms in total. The summed E-state index contributed by atoms with van der Waals surface area (Å²) in [6, 6.07) is 17.5. The second-order valence-electron chi connectivity index (χ2n) is 9.16. The molecule has 0 fully saturated rings. The van der Waals surface area contributed by atoms with Gasteiger partial charge >= 0.3 is 12.1 Å². The first-order valence-electron chi connectivity index (χ1n) is 12.6. The minimum absolute atomic E-state index is 0.00957. The van der Waals surface area contributed by atoms with Crippen molar-refractivity contribution in [1.29, 1.82) is 0 Å². The highest BCUT2D eigenvalue weighted by atomic mass is 32.2. The van der Waals surface area contributed by atoms with Gasteiger partial charge in [-0.2, -0.15) is 13.2 Å². The van der Waals surface area contributed by atoms with E-state index in [0.29, 0.717) is 19.3 Å². The van der Waals surface area contributed by atoms with Crippen molar-refractivity contribution in [2.24, 2.45) is 0 Å². The Bertz CT molecular complexity index is 1680. The lowest BCUT2D eigenvalue weighted by Crippen LogP contribution is -2.24. The number of sulfonamides is 1. The first-order valence-corrected chi connectivity index (χ1v) is 14.1. The van der Waals surface area contributed by atoms with Crippen LogP contribution in [0.1, 0.15) is 37.0 Å². The number of benzene rings is 3. The molecule has 1 N–H and O–H groups in total. The van der Waals surface area contributed by atoms with Crippen LogP contribution in [0.2, 0.25) is 0 Å². The fourth-order valence-corrected chi connectivity index (χ4v) is 4.94. The number of rotatable bonds is 11. The first-order chi connectivity index (χ1) is 19.4. The predicted molar refractivity (Wildman–Crippen MR) is 144 cm³/mol. The van der Waals surface area contributed by atoms with E-state index in [9.17, 15) is 31.2 Å². The van der Waals surface area contributed by atoms with E-state index in [-0.39, 0.29) is 34.7 Å². The third-order valence-corrected chi connectivity index (χ3v) is 7.43. The Morgan fingerprint density at radius 1 is 0.927 bits per heavy atom. The van der Waals surface area contributed by atoms with Crippen molar-refractivity contribution in [3.63, 3.8) is 0 Å². The molecule has 4 aromatic rings. The Hall–Kier alpha value is -4.16. The smallest absolute Gasteiger partial charge is 0.449 e. The van der Waals surface area contributed by atoms with Crippen molar-refractivity contribution < 1.29 is 40.3 Å². The largest absolute Gasteiger partial charge is 0.453 e. The molecule has 0 atom stereocenters. The van der Waals surface area contributed by atoms with Crippen LogP contribution in [0.3, 0.4) is 0 Å². The monoisotopic (exact) mass is 589 g/mol. The average molecular weight is 590 g/mol. The van der Waals surface area contributed by atoms with Crippen LogP contribution in [0.5, 0.6) is 17.2 Å². The summed E-state index contributed by atoms with van der Waals surface area (Å²) in [6.45, 7) is 2.04. The molecule has 0 unspecified atom stereocenters. The van der Waals surface area contributed by atoms with Crippen molar-refractivity contribution in [3.05, 3.63) is 94.3 Å². The van der Waals surface area contributed by atoms with Crippen LogP contribution < -0.4 is 19.6 Å². The van der Waals surface area contributed by atoms with Crippen molar-refractivity contribution in [3.8, 4) is 17.2 Å². The predicted octanol–water partition coefficient (Wildman–Crippen LogP) is 6.36. The molecule has 0 aliphatic rings. The summed E-state index contributed by atoms with van der Waals surface area (Å²) < 4.78 is 83.8. The van der Waals surface area contributed by atoms with Crippen LogP contribution in [0, 0.1) is 6.92 Å². The molecule has 0 radical (unpaired) electrons. The number of halogens is 3. The Balaban J connectivity index is 1.35. The average Bonchev–Trinajstić information content (AvgIpc) is 2.92. The zero-order chi connectivity index (χ0) is 29.6. The lowest BCUT2D eigenvalue weighted by atomic mass is 10.2. The molecule has 12 heteroatoms. The van der Waals surface area contributed by atoms with Gasteiger partial charge in [-0.15, -0.1) is 0 Å². The number of para-hydroxylation sites is 1.